The van der Waals surface area contributed by atoms with Crippen LogP contribution in [0.1, 0.15) is 34.6 Å². The van der Waals surface area contributed by atoms with Crippen molar-refractivity contribution in [1.82, 2.24) is 10.3 Å². The topological polar surface area (TPSA) is 44.9 Å². The number of fused-ring (bicyclic) bond motifs is 1. The summed E-state index contributed by atoms with van der Waals surface area (Å²) >= 11 is 6.32. The van der Waals surface area contributed by atoms with E-state index < -0.39 is 0 Å². The Morgan fingerprint density at radius 3 is 2.55 bits per heavy atom. The van der Waals surface area contributed by atoms with Gasteiger partial charge in [0, 0.05) is 10.9 Å². The molecule has 3 rings (SSSR count). The Hall–Kier alpha value is -2.26. The van der Waals surface area contributed by atoms with Crippen LogP contribution in [0.2, 0.25) is 5.02 Å². The van der Waals surface area contributed by atoms with E-state index in [1.165, 1.54) is 0 Å². The summed E-state index contributed by atoms with van der Waals surface area (Å²) in [6.45, 7) is 4.00. The van der Waals surface area contributed by atoms with Gasteiger partial charge in [0.1, 0.15) is 5.69 Å². The van der Waals surface area contributed by atoms with Gasteiger partial charge in [-0.15, -0.1) is 0 Å². The van der Waals surface area contributed by atoms with Crippen molar-refractivity contribution in [1.29, 1.82) is 0 Å². The van der Waals surface area contributed by atoms with Crippen LogP contribution in [0.15, 0.2) is 48.5 Å². The van der Waals surface area contributed by atoms with Crippen molar-refractivity contribution in [3.8, 4) is 0 Å². The van der Waals surface area contributed by atoms with Gasteiger partial charge in [0.05, 0.1) is 11.1 Å². The lowest BCUT2D eigenvalue weighted by atomic mass is 10.0. The Morgan fingerprint density at radius 2 is 1.82 bits per heavy atom. The molecule has 112 valence electrons. The number of amides is 1. The summed E-state index contributed by atoms with van der Waals surface area (Å²) in [6, 6.07) is 15.5. The van der Waals surface area contributed by atoms with Crippen molar-refractivity contribution in [2.24, 2.45) is 0 Å². The first-order valence-electron chi connectivity index (χ1n) is 7.20. The van der Waals surface area contributed by atoms with Crippen molar-refractivity contribution in [3.63, 3.8) is 0 Å². The largest absolute Gasteiger partial charge is 0.349 e. The molecule has 22 heavy (non-hydrogen) atoms. The van der Waals surface area contributed by atoms with Gasteiger partial charge >= 0.3 is 0 Å². The second-order valence-electron chi connectivity index (χ2n) is 5.41. The zero-order chi connectivity index (χ0) is 15.7. The van der Waals surface area contributed by atoms with Gasteiger partial charge in [0.2, 0.25) is 0 Å². The van der Waals surface area contributed by atoms with Gasteiger partial charge in [0.25, 0.3) is 5.91 Å². The monoisotopic (exact) mass is 312 g/mol. The molecule has 0 aliphatic rings. The van der Waals surface area contributed by atoms with Gasteiger partial charge in [-0.05, 0) is 31.0 Å². The molecule has 1 aromatic heterocycles. The van der Waals surface area contributed by atoms with Crippen molar-refractivity contribution in [3.05, 3.63) is 70.4 Å². The van der Waals surface area contributed by atoms with Crippen LogP contribution >= 0.6 is 11.6 Å². The lowest BCUT2D eigenvalue weighted by Gasteiger charge is -2.16. The second kappa shape index (κ2) is 5.85. The number of nitrogens with one attached hydrogen (secondary N) is 2. The fourth-order valence-corrected chi connectivity index (χ4v) is 2.98. The molecular formula is C18H17ClN2O. The molecule has 1 atom stereocenters. The summed E-state index contributed by atoms with van der Waals surface area (Å²) in [5, 5.41) is 4.32. The van der Waals surface area contributed by atoms with Crippen LogP contribution in [0.25, 0.3) is 10.9 Å². The maximum absolute atomic E-state index is 12.5. The highest BCUT2D eigenvalue weighted by atomic mass is 35.5. The number of hydrogen-bond acceptors (Lipinski definition) is 1. The number of halogens is 1. The van der Waals surface area contributed by atoms with E-state index in [1.54, 1.807) is 0 Å². The number of aromatic nitrogens is 1. The third-order valence-electron chi connectivity index (χ3n) is 3.87. The highest BCUT2D eigenvalue weighted by Crippen LogP contribution is 2.27. The maximum atomic E-state index is 12.5. The average Bonchev–Trinajstić information content (AvgIpc) is 2.85. The lowest BCUT2D eigenvalue weighted by molar-refractivity contribution is 0.0936. The number of rotatable bonds is 3. The van der Waals surface area contributed by atoms with Crippen LogP contribution in [0.3, 0.4) is 0 Å². The number of aromatic amines is 1. The first-order valence-corrected chi connectivity index (χ1v) is 7.58. The molecule has 2 aromatic carbocycles. The molecule has 0 fully saturated rings. The number of aryl methyl sites for hydroxylation is 1. The van der Waals surface area contributed by atoms with Gasteiger partial charge in [-0.25, -0.2) is 0 Å². The number of benzene rings is 2. The molecule has 0 bridgehead atoms. The predicted molar refractivity (Wildman–Crippen MR) is 90.4 cm³/mol. The zero-order valence-corrected chi connectivity index (χ0v) is 13.2. The summed E-state index contributed by atoms with van der Waals surface area (Å²) in [7, 11) is 0. The predicted octanol–water partition coefficient (Wildman–Crippen LogP) is 4.62. The second-order valence-corrected chi connectivity index (χ2v) is 5.79. The van der Waals surface area contributed by atoms with E-state index in [-0.39, 0.29) is 11.9 Å². The number of carbonyl (C=O) groups is 1. The van der Waals surface area contributed by atoms with Crippen LogP contribution in [0.4, 0.5) is 0 Å². The summed E-state index contributed by atoms with van der Waals surface area (Å²) in [5.41, 5.74) is 3.52. The summed E-state index contributed by atoms with van der Waals surface area (Å²) in [5.74, 6) is -0.197. The van der Waals surface area contributed by atoms with Crippen molar-refractivity contribution < 1.29 is 4.79 Å². The van der Waals surface area contributed by atoms with Crippen molar-refractivity contribution >= 4 is 28.4 Å². The van der Waals surface area contributed by atoms with Gasteiger partial charge in [-0.2, -0.15) is 0 Å². The third kappa shape index (κ3) is 2.60. The van der Waals surface area contributed by atoms with E-state index in [4.69, 9.17) is 11.6 Å². The number of H-pyrrole nitrogens is 1. The molecule has 1 unspecified atom stereocenters. The minimum Gasteiger partial charge on any atom is -0.349 e. The highest BCUT2D eigenvalue weighted by molar-refractivity contribution is 6.38. The van der Waals surface area contributed by atoms with E-state index in [0.29, 0.717) is 10.7 Å². The zero-order valence-electron chi connectivity index (χ0n) is 12.5. The van der Waals surface area contributed by atoms with Gasteiger partial charge < -0.3 is 10.3 Å². The molecule has 2 N–H and O–H groups in total. The smallest absolute Gasteiger partial charge is 0.269 e. The van der Waals surface area contributed by atoms with Gasteiger partial charge in [-0.1, -0.05) is 54.1 Å². The van der Waals surface area contributed by atoms with E-state index in [9.17, 15) is 4.79 Å². The SMILES string of the molecule is Cc1ccccc1C(C)NC(=O)c1[nH]c2ccccc2c1Cl. The Morgan fingerprint density at radius 1 is 1.14 bits per heavy atom. The number of carbonyl (C=O) groups excluding carboxylic acids is 1. The minimum absolute atomic E-state index is 0.0869. The van der Waals surface area contributed by atoms with Crippen molar-refractivity contribution in [2.75, 3.05) is 0 Å². The lowest BCUT2D eigenvalue weighted by Crippen LogP contribution is -2.27. The fraction of sp³-hybridized carbons (Fsp3) is 0.167. The molecule has 1 heterocycles. The van der Waals surface area contributed by atoms with E-state index in [2.05, 4.69) is 10.3 Å². The van der Waals surface area contributed by atoms with Crippen LogP contribution in [-0.2, 0) is 0 Å². The normalized spacial score (nSPS) is 12.3. The molecule has 4 heteroatoms. The maximum Gasteiger partial charge on any atom is 0.269 e. The summed E-state index contributed by atoms with van der Waals surface area (Å²) in [6.07, 6.45) is 0. The molecular weight excluding hydrogens is 296 g/mol. The molecule has 1 amide bonds. The fourth-order valence-electron chi connectivity index (χ4n) is 2.68. The molecule has 0 saturated heterocycles. The Kier molecular flexibility index (Phi) is 3.90. The Balaban J connectivity index is 1.87. The molecule has 0 spiro atoms. The third-order valence-corrected chi connectivity index (χ3v) is 4.26. The van der Waals surface area contributed by atoms with Gasteiger partial charge in [-0.3, -0.25) is 4.79 Å². The quantitative estimate of drug-likeness (QED) is 0.728. The van der Waals surface area contributed by atoms with Crippen LogP contribution < -0.4 is 5.32 Å². The molecule has 0 saturated carbocycles. The van der Waals surface area contributed by atoms with E-state index >= 15 is 0 Å². The minimum atomic E-state index is -0.197. The molecule has 0 aliphatic carbocycles. The molecule has 3 nitrogen and oxygen atoms in total. The first kappa shape index (κ1) is 14.7. The number of hydrogen-bond donors (Lipinski definition) is 2. The van der Waals surface area contributed by atoms with Gasteiger partial charge in [0.15, 0.2) is 0 Å². The standard InChI is InChI=1S/C18H17ClN2O/c1-11-7-3-4-8-13(11)12(2)20-18(22)17-16(19)14-9-5-6-10-15(14)21-17/h3-10,12,21H,1-2H3,(H,20,22). The average molecular weight is 313 g/mol. The molecule has 0 aliphatic heterocycles. The highest BCUT2D eigenvalue weighted by Gasteiger charge is 2.18. The Bertz CT molecular complexity index is 838. The first-order chi connectivity index (χ1) is 10.6. The number of para-hydroxylation sites is 1. The summed E-state index contributed by atoms with van der Waals surface area (Å²) in [4.78, 5) is 15.6. The van der Waals surface area contributed by atoms with Crippen LogP contribution in [0.5, 0.6) is 0 Å². The van der Waals surface area contributed by atoms with E-state index in [0.717, 1.165) is 22.0 Å². The van der Waals surface area contributed by atoms with Crippen LogP contribution in [-0.4, -0.2) is 10.9 Å². The van der Waals surface area contributed by atoms with Crippen molar-refractivity contribution in [2.45, 2.75) is 19.9 Å². The molecule has 3 aromatic rings. The van der Waals surface area contributed by atoms with Crippen LogP contribution in [0, 0.1) is 6.92 Å². The molecule has 0 radical (unpaired) electrons. The Labute approximate surface area is 134 Å². The summed E-state index contributed by atoms with van der Waals surface area (Å²) < 4.78 is 0. The van der Waals surface area contributed by atoms with E-state index in [1.807, 2.05) is 62.4 Å².